The van der Waals surface area contributed by atoms with E-state index in [4.69, 9.17) is 21.9 Å². The fourth-order valence-corrected chi connectivity index (χ4v) is 1.93. The molecule has 2 N–H and O–H groups in total. The lowest BCUT2D eigenvalue weighted by Crippen LogP contribution is -1.93. The van der Waals surface area contributed by atoms with Crippen molar-refractivity contribution < 1.29 is 8.91 Å². The van der Waals surface area contributed by atoms with Crippen LogP contribution < -0.4 is 5.73 Å². The number of halogens is 2. The van der Waals surface area contributed by atoms with Crippen LogP contribution in [-0.4, -0.2) is 5.16 Å². The summed E-state index contributed by atoms with van der Waals surface area (Å²) < 4.78 is 18.2. The van der Waals surface area contributed by atoms with Gasteiger partial charge < -0.3 is 10.3 Å². The van der Waals surface area contributed by atoms with E-state index in [9.17, 15) is 4.39 Å². The van der Waals surface area contributed by atoms with Gasteiger partial charge in [0.25, 0.3) is 0 Å². The minimum absolute atomic E-state index is 0.121. The Morgan fingerprint density at radius 2 is 2.12 bits per heavy atom. The number of rotatable bonds is 2. The predicted octanol–water partition coefficient (Wildman–Crippen LogP) is 3.84. The number of nitrogen functional groups attached to an aromatic ring is 1. The molecule has 0 spiro atoms. The number of hydrogen-bond acceptors (Lipinski definition) is 3. The summed E-state index contributed by atoms with van der Waals surface area (Å²) in [5.41, 5.74) is 7.04. The van der Waals surface area contributed by atoms with E-state index < -0.39 is 0 Å². The van der Waals surface area contributed by atoms with Crippen LogP contribution in [0.15, 0.2) is 22.7 Å². The highest BCUT2D eigenvalue weighted by atomic mass is 35.5. The third-order valence-electron chi connectivity index (χ3n) is 2.47. The molecule has 90 valence electrons. The fraction of sp³-hybridized carbons (Fsp3) is 0.250. The summed E-state index contributed by atoms with van der Waals surface area (Å²) in [6, 6.07) is 4.15. The number of nitrogens with zero attached hydrogens (tertiary/aromatic N) is 1. The number of aromatic nitrogens is 1. The first-order valence-electron chi connectivity index (χ1n) is 5.21. The van der Waals surface area contributed by atoms with Gasteiger partial charge >= 0.3 is 0 Å². The van der Waals surface area contributed by atoms with E-state index in [1.165, 1.54) is 12.1 Å². The van der Waals surface area contributed by atoms with E-state index in [2.05, 4.69) is 5.16 Å². The van der Waals surface area contributed by atoms with Crippen molar-refractivity contribution in [3.8, 4) is 11.1 Å². The Kier molecular flexibility index (Phi) is 3.07. The Hall–Kier alpha value is -1.55. The van der Waals surface area contributed by atoms with E-state index in [1.807, 2.05) is 13.8 Å². The first kappa shape index (κ1) is 11.9. The van der Waals surface area contributed by atoms with Crippen LogP contribution in [0.5, 0.6) is 0 Å². The molecule has 0 aliphatic rings. The van der Waals surface area contributed by atoms with E-state index in [1.54, 1.807) is 6.07 Å². The summed E-state index contributed by atoms with van der Waals surface area (Å²) in [6.45, 7) is 3.92. The minimum atomic E-state index is -0.389. The van der Waals surface area contributed by atoms with Crippen LogP contribution in [0.3, 0.4) is 0 Å². The summed E-state index contributed by atoms with van der Waals surface area (Å²) in [7, 11) is 0. The SMILES string of the molecule is CC(C)c1onc(N)c1-c1ccc(F)cc1Cl. The van der Waals surface area contributed by atoms with Gasteiger partial charge in [0.1, 0.15) is 11.6 Å². The van der Waals surface area contributed by atoms with Crippen LogP contribution in [0.4, 0.5) is 10.2 Å². The van der Waals surface area contributed by atoms with E-state index in [-0.39, 0.29) is 17.6 Å². The van der Waals surface area contributed by atoms with Crippen molar-refractivity contribution in [1.29, 1.82) is 0 Å². The van der Waals surface area contributed by atoms with Gasteiger partial charge in [0.2, 0.25) is 0 Å². The number of hydrogen-bond donors (Lipinski definition) is 1. The molecule has 0 aliphatic carbocycles. The predicted molar refractivity (Wildman–Crippen MR) is 65.4 cm³/mol. The van der Waals surface area contributed by atoms with Gasteiger partial charge in [-0.3, -0.25) is 0 Å². The Balaban J connectivity index is 2.63. The first-order chi connectivity index (χ1) is 8.00. The van der Waals surface area contributed by atoms with E-state index in [0.29, 0.717) is 21.9 Å². The maximum atomic E-state index is 13.0. The summed E-state index contributed by atoms with van der Waals surface area (Å²) in [4.78, 5) is 0. The van der Waals surface area contributed by atoms with Crippen LogP contribution in [0.25, 0.3) is 11.1 Å². The minimum Gasteiger partial charge on any atom is -0.380 e. The number of benzene rings is 1. The second-order valence-electron chi connectivity index (χ2n) is 4.09. The van der Waals surface area contributed by atoms with Crippen molar-refractivity contribution in [3.05, 3.63) is 34.8 Å². The summed E-state index contributed by atoms with van der Waals surface area (Å²) >= 11 is 6.00. The highest BCUT2D eigenvalue weighted by Crippen LogP contribution is 2.37. The second-order valence-corrected chi connectivity index (χ2v) is 4.49. The van der Waals surface area contributed by atoms with Gasteiger partial charge in [-0.05, 0) is 18.2 Å². The lowest BCUT2D eigenvalue weighted by molar-refractivity contribution is 0.374. The molecule has 0 atom stereocenters. The number of nitrogens with two attached hydrogens (primary N) is 1. The molecule has 2 rings (SSSR count). The van der Waals surface area contributed by atoms with Crippen molar-refractivity contribution >= 4 is 17.4 Å². The molecule has 3 nitrogen and oxygen atoms in total. The van der Waals surface area contributed by atoms with Gasteiger partial charge in [0.15, 0.2) is 5.82 Å². The van der Waals surface area contributed by atoms with Gasteiger partial charge in [-0.25, -0.2) is 4.39 Å². The fourth-order valence-electron chi connectivity index (χ4n) is 1.67. The molecule has 0 fully saturated rings. The smallest absolute Gasteiger partial charge is 0.175 e. The maximum absolute atomic E-state index is 13.0. The van der Waals surface area contributed by atoms with Crippen molar-refractivity contribution in [2.24, 2.45) is 0 Å². The van der Waals surface area contributed by atoms with Crippen LogP contribution in [0.1, 0.15) is 25.5 Å². The first-order valence-corrected chi connectivity index (χ1v) is 5.59. The van der Waals surface area contributed by atoms with E-state index in [0.717, 1.165) is 0 Å². The normalized spacial score (nSPS) is 11.1. The quantitative estimate of drug-likeness (QED) is 0.886. The lowest BCUT2D eigenvalue weighted by atomic mass is 10.00. The van der Waals surface area contributed by atoms with Crippen LogP contribution >= 0.6 is 11.6 Å². The third kappa shape index (κ3) is 2.13. The second kappa shape index (κ2) is 4.37. The molecular weight excluding hydrogens is 243 g/mol. The summed E-state index contributed by atoms with van der Waals surface area (Å²) in [5, 5.41) is 4.02. The third-order valence-corrected chi connectivity index (χ3v) is 2.78. The molecule has 1 aromatic carbocycles. The van der Waals surface area contributed by atoms with Crippen molar-refractivity contribution in [2.45, 2.75) is 19.8 Å². The van der Waals surface area contributed by atoms with E-state index >= 15 is 0 Å². The standard InChI is InChI=1S/C12H12ClFN2O/c1-6(2)11-10(12(15)16-17-11)8-4-3-7(14)5-9(8)13/h3-6H,1-2H3,(H2,15,16). The van der Waals surface area contributed by atoms with Crippen LogP contribution in [0.2, 0.25) is 5.02 Å². The average Bonchev–Trinajstić information content (AvgIpc) is 2.60. The van der Waals surface area contributed by atoms with Gasteiger partial charge in [-0.15, -0.1) is 0 Å². The summed E-state index contributed by atoms with van der Waals surface area (Å²) in [5.74, 6) is 0.647. The molecule has 17 heavy (non-hydrogen) atoms. The molecule has 0 saturated carbocycles. The van der Waals surface area contributed by atoms with Crippen LogP contribution in [-0.2, 0) is 0 Å². The highest BCUT2D eigenvalue weighted by Gasteiger charge is 2.20. The Morgan fingerprint density at radius 3 is 2.71 bits per heavy atom. The van der Waals surface area contributed by atoms with Gasteiger partial charge in [-0.2, -0.15) is 0 Å². The summed E-state index contributed by atoms with van der Waals surface area (Å²) in [6.07, 6.45) is 0. The molecule has 0 amide bonds. The number of anilines is 1. The lowest BCUT2D eigenvalue weighted by Gasteiger charge is -2.06. The molecule has 2 aromatic rings. The maximum Gasteiger partial charge on any atom is 0.175 e. The molecule has 1 heterocycles. The average molecular weight is 255 g/mol. The highest BCUT2D eigenvalue weighted by molar-refractivity contribution is 6.33. The van der Waals surface area contributed by atoms with Crippen LogP contribution in [0, 0.1) is 5.82 Å². The van der Waals surface area contributed by atoms with Crippen molar-refractivity contribution in [1.82, 2.24) is 5.16 Å². The molecular formula is C12H12ClFN2O. The van der Waals surface area contributed by atoms with Crippen molar-refractivity contribution in [2.75, 3.05) is 5.73 Å². The zero-order valence-electron chi connectivity index (χ0n) is 9.50. The molecule has 0 unspecified atom stereocenters. The monoisotopic (exact) mass is 254 g/mol. The van der Waals surface area contributed by atoms with Gasteiger partial charge in [0, 0.05) is 11.5 Å². The zero-order chi connectivity index (χ0) is 12.6. The molecule has 0 aliphatic heterocycles. The molecule has 0 bridgehead atoms. The molecule has 1 aromatic heterocycles. The largest absolute Gasteiger partial charge is 0.380 e. The molecule has 5 heteroatoms. The molecule has 0 saturated heterocycles. The Labute approximate surface area is 103 Å². The van der Waals surface area contributed by atoms with Gasteiger partial charge in [-0.1, -0.05) is 30.6 Å². The topological polar surface area (TPSA) is 52.0 Å². The van der Waals surface area contributed by atoms with Gasteiger partial charge in [0.05, 0.1) is 10.6 Å². The molecule has 0 radical (unpaired) electrons. The Morgan fingerprint density at radius 1 is 1.41 bits per heavy atom. The van der Waals surface area contributed by atoms with Crippen molar-refractivity contribution in [3.63, 3.8) is 0 Å². The zero-order valence-corrected chi connectivity index (χ0v) is 10.3. The Bertz CT molecular complexity index is 551.